The second-order valence-electron chi connectivity index (χ2n) is 6.73. The van der Waals surface area contributed by atoms with Crippen LogP contribution in [0, 0.1) is 0 Å². The number of para-hydroxylation sites is 2. The van der Waals surface area contributed by atoms with E-state index in [4.69, 9.17) is 0 Å². The van der Waals surface area contributed by atoms with Gasteiger partial charge in [-0.1, -0.05) is 18.2 Å². The average molecular weight is 437 g/mol. The minimum absolute atomic E-state index is 0.0490. The molecule has 11 heteroatoms. The first-order valence-corrected chi connectivity index (χ1v) is 9.65. The Balaban J connectivity index is 1.41. The van der Waals surface area contributed by atoms with Gasteiger partial charge in [-0.2, -0.15) is 0 Å². The van der Waals surface area contributed by atoms with Crippen LogP contribution in [0.4, 0.5) is 29.5 Å². The lowest BCUT2D eigenvalue weighted by molar-refractivity contribution is -0.274. The Morgan fingerprint density at radius 2 is 1.74 bits per heavy atom. The second-order valence-corrected chi connectivity index (χ2v) is 6.73. The molecule has 3 amide bonds. The van der Waals surface area contributed by atoms with Crippen molar-refractivity contribution in [1.29, 1.82) is 0 Å². The number of nitrogens with one attached hydrogen (secondary N) is 2. The second kappa shape index (κ2) is 10.0. The highest BCUT2D eigenvalue weighted by molar-refractivity contribution is 5.91. The molecule has 2 heterocycles. The predicted octanol–water partition coefficient (Wildman–Crippen LogP) is 2.84. The molecule has 0 bridgehead atoms. The molecular formula is C20H22F3N5O3. The number of halogens is 3. The van der Waals surface area contributed by atoms with Gasteiger partial charge >= 0.3 is 12.4 Å². The molecule has 1 aliphatic rings. The van der Waals surface area contributed by atoms with Crippen LogP contribution in [-0.2, 0) is 4.79 Å². The molecule has 0 atom stereocenters. The number of hydrogen-bond acceptors (Lipinski definition) is 5. The molecule has 0 aliphatic carbocycles. The Kier molecular flexibility index (Phi) is 7.16. The van der Waals surface area contributed by atoms with Crippen molar-refractivity contribution in [2.24, 2.45) is 0 Å². The van der Waals surface area contributed by atoms with Crippen LogP contribution in [0.3, 0.4) is 0 Å². The van der Waals surface area contributed by atoms with Crippen molar-refractivity contribution in [2.75, 3.05) is 42.9 Å². The van der Waals surface area contributed by atoms with Crippen molar-refractivity contribution in [2.45, 2.75) is 12.8 Å². The van der Waals surface area contributed by atoms with E-state index in [0.717, 1.165) is 11.9 Å². The number of piperazine rings is 1. The lowest BCUT2D eigenvalue weighted by Crippen LogP contribution is -2.49. The molecular weight excluding hydrogens is 415 g/mol. The van der Waals surface area contributed by atoms with Gasteiger partial charge in [-0.3, -0.25) is 4.79 Å². The van der Waals surface area contributed by atoms with Gasteiger partial charge in [0.2, 0.25) is 5.91 Å². The fourth-order valence-electron chi connectivity index (χ4n) is 3.12. The SMILES string of the molecule is O=C(NCCC(=O)N1CCN(c2ccccn2)CC1)Nc1ccccc1OC(F)(F)F. The Labute approximate surface area is 177 Å². The molecule has 0 spiro atoms. The maximum atomic E-state index is 12.4. The molecule has 31 heavy (non-hydrogen) atoms. The van der Waals surface area contributed by atoms with Crippen LogP contribution in [0.2, 0.25) is 0 Å². The number of nitrogens with zero attached hydrogens (tertiary/aromatic N) is 3. The third-order valence-corrected chi connectivity index (χ3v) is 4.59. The van der Waals surface area contributed by atoms with Crippen LogP contribution in [0.5, 0.6) is 5.75 Å². The van der Waals surface area contributed by atoms with Gasteiger partial charge in [0.15, 0.2) is 5.75 Å². The maximum absolute atomic E-state index is 12.4. The van der Waals surface area contributed by atoms with Gasteiger partial charge in [-0.25, -0.2) is 9.78 Å². The van der Waals surface area contributed by atoms with Crippen molar-refractivity contribution < 1.29 is 27.5 Å². The molecule has 1 aliphatic heterocycles. The van der Waals surface area contributed by atoms with Crippen molar-refractivity contribution in [1.82, 2.24) is 15.2 Å². The zero-order valence-corrected chi connectivity index (χ0v) is 16.6. The molecule has 1 saturated heterocycles. The first-order valence-electron chi connectivity index (χ1n) is 9.65. The smallest absolute Gasteiger partial charge is 0.404 e. The molecule has 2 aromatic rings. The summed E-state index contributed by atoms with van der Waals surface area (Å²) in [4.78, 5) is 32.5. The number of carbonyl (C=O) groups is 2. The van der Waals surface area contributed by atoms with Crippen molar-refractivity contribution >= 4 is 23.4 Å². The molecule has 166 valence electrons. The molecule has 0 saturated carbocycles. The number of ether oxygens (including phenoxy) is 1. The van der Waals surface area contributed by atoms with E-state index in [9.17, 15) is 22.8 Å². The van der Waals surface area contributed by atoms with Crippen molar-refractivity contribution in [3.05, 3.63) is 48.7 Å². The van der Waals surface area contributed by atoms with Crippen molar-refractivity contribution in [3.8, 4) is 5.75 Å². The average Bonchev–Trinajstić information content (AvgIpc) is 2.75. The largest absolute Gasteiger partial charge is 0.573 e. The quantitative estimate of drug-likeness (QED) is 0.726. The van der Waals surface area contributed by atoms with E-state index in [1.165, 1.54) is 18.2 Å². The lowest BCUT2D eigenvalue weighted by atomic mass is 10.2. The molecule has 1 aromatic carbocycles. The lowest BCUT2D eigenvalue weighted by Gasteiger charge is -2.35. The standard InChI is InChI=1S/C20H22F3N5O3/c21-20(22,23)31-16-6-2-1-5-15(16)26-19(30)25-10-8-18(29)28-13-11-27(12-14-28)17-7-3-4-9-24-17/h1-7,9H,8,10-14H2,(H2,25,26,30). The van der Waals surface area contributed by atoms with Gasteiger partial charge in [0.05, 0.1) is 5.69 Å². The highest BCUT2D eigenvalue weighted by atomic mass is 19.4. The molecule has 0 radical (unpaired) electrons. The number of amides is 3. The fraction of sp³-hybridized carbons (Fsp3) is 0.350. The topological polar surface area (TPSA) is 86.8 Å². The van der Waals surface area contributed by atoms with Gasteiger partial charge in [-0.05, 0) is 24.3 Å². The fourth-order valence-corrected chi connectivity index (χ4v) is 3.12. The monoisotopic (exact) mass is 437 g/mol. The summed E-state index contributed by atoms with van der Waals surface area (Å²) in [5, 5.41) is 4.77. The summed E-state index contributed by atoms with van der Waals surface area (Å²) in [6, 6.07) is 10.1. The van der Waals surface area contributed by atoms with Crippen LogP contribution in [-0.4, -0.2) is 60.9 Å². The molecule has 1 aromatic heterocycles. The number of carbonyl (C=O) groups excluding carboxylic acids is 2. The summed E-state index contributed by atoms with van der Waals surface area (Å²) in [7, 11) is 0. The summed E-state index contributed by atoms with van der Waals surface area (Å²) in [6.07, 6.45) is -3.07. The summed E-state index contributed by atoms with van der Waals surface area (Å²) in [5.41, 5.74) is -0.130. The highest BCUT2D eigenvalue weighted by Crippen LogP contribution is 2.29. The summed E-state index contributed by atoms with van der Waals surface area (Å²) >= 11 is 0. The minimum Gasteiger partial charge on any atom is -0.404 e. The minimum atomic E-state index is -4.87. The van der Waals surface area contributed by atoms with E-state index in [0.29, 0.717) is 26.2 Å². The Morgan fingerprint density at radius 3 is 2.42 bits per heavy atom. The van der Waals surface area contributed by atoms with Crippen LogP contribution in [0.25, 0.3) is 0 Å². The number of rotatable bonds is 6. The first-order chi connectivity index (χ1) is 14.8. The van der Waals surface area contributed by atoms with Gasteiger partial charge in [0.25, 0.3) is 0 Å². The van der Waals surface area contributed by atoms with Crippen LogP contribution in [0.1, 0.15) is 6.42 Å². The summed E-state index contributed by atoms with van der Waals surface area (Å²) < 4.78 is 41.2. The van der Waals surface area contributed by atoms with Crippen LogP contribution >= 0.6 is 0 Å². The Hall–Kier alpha value is -3.50. The number of pyridine rings is 1. The Morgan fingerprint density at radius 1 is 1.03 bits per heavy atom. The molecule has 3 rings (SSSR count). The number of alkyl halides is 3. The van der Waals surface area contributed by atoms with Crippen LogP contribution in [0.15, 0.2) is 48.7 Å². The number of urea groups is 1. The Bertz CT molecular complexity index is 887. The number of hydrogen-bond donors (Lipinski definition) is 2. The zero-order chi connectivity index (χ0) is 22.3. The molecule has 0 unspecified atom stereocenters. The summed E-state index contributed by atoms with van der Waals surface area (Å²) in [5.74, 6) is 0.233. The van der Waals surface area contributed by atoms with Gasteiger partial charge < -0.3 is 25.2 Å². The highest BCUT2D eigenvalue weighted by Gasteiger charge is 2.32. The van der Waals surface area contributed by atoms with Crippen LogP contribution < -0.4 is 20.3 Å². The van der Waals surface area contributed by atoms with E-state index in [2.05, 4.69) is 25.3 Å². The van der Waals surface area contributed by atoms with E-state index >= 15 is 0 Å². The number of aromatic nitrogens is 1. The van der Waals surface area contributed by atoms with E-state index in [1.807, 2.05) is 18.2 Å². The number of benzene rings is 1. The molecule has 8 nitrogen and oxygen atoms in total. The van der Waals surface area contributed by atoms with E-state index in [-0.39, 0.29) is 24.6 Å². The van der Waals surface area contributed by atoms with Gasteiger partial charge in [0.1, 0.15) is 5.82 Å². The molecule has 2 N–H and O–H groups in total. The van der Waals surface area contributed by atoms with Crippen molar-refractivity contribution in [3.63, 3.8) is 0 Å². The number of anilines is 2. The predicted molar refractivity (Wildman–Crippen MR) is 108 cm³/mol. The zero-order valence-electron chi connectivity index (χ0n) is 16.6. The van der Waals surface area contributed by atoms with E-state index in [1.54, 1.807) is 11.1 Å². The maximum Gasteiger partial charge on any atom is 0.573 e. The third-order valence-electron chi connectivity index (χ3n) is 4.59. The summed E-state index contributed by atoms with van der Waals surface area (Å²) in [6.45, 7) is 2.46. The normalized spacial score (nSPS) is 14.2. The first kappa shape index (κ1) is 22.2. The van der Waals surface area contributed by atoms with Gasteiger partial charge in [0, 0.05) is 45.3 Å². The van der Waals surface area contributed by atoms with E-state index < -0.39 is 18.1 Å². The molecule has 1 fully saturated rings. The van der Waals surface area contributed by atoms with Gasteiger partial charge in [-0.15, -0.1) is 13.2 Å². The third kappa shape index (κ3) is 6.76.